The summed E-state index contributed by atoms with van der Waals surface area (Å²) in [5.74, 6) is 0.277. The number of rotatable bonds is 7. The van der Waals surface area contributed by atoms with Crippen LogP contribution in [-0.4, -0.2) is 67.3 Å². The van der Waals surface area contributed by atoms with Crippen molar-refractivity contribution in [2.24, 2.45) is 0 Å². The number of likely N-dealkylation sites (N-methyl/N-ethyl adjacent to an activating group) is 1. The van der Waals surface area contributed by atoms with Gasteiger partial charge in [0.15, 0.2) is 0 Å². The number of hydrogen-bond donors (Lipinski definition) is 1. The van der Waals surface area contributed by atoms with E-state index >= 15 is 0 Å². The van der Waals surface area contributed by atoms with Gasteiger partial charge in [0.05, 0.1) is 24.9 Å². The van der Waals surface area contributed by atoms with Crippen molar-refractivity contribution in [3.63, 3.8) is 0 Å². The minimum absolute atomic E-state index is 0.0165. The zero-order valence-corrected chi connectivity index (χ0v) is 13.8. The third-order valence-corrected chi connectivity index (χ3v) is 4.50. The molecule has 3 atom stereocenters. The van der Waals surface area contributed by atoms with Crippen LogP contribution in [0.3, 0.4) is 0 Å². The van der Waals surface area contributed by atoms with Gasteiger partial charge in [0.2, 0.25) is 5.91 Å². The maximum absolute atomic E-state index is 12.6. The SMILES string of the molecule is CCCCC1NC(CCC)N(CC2CN(C)CCO2)C1=O. The molecule has 5 nitrogen and oxygen atoms in total. The maximum atomic E-state index is 12.6. The normalized spacial score (nSPS) is 31.1. The largest absolute Gasteiger partial charge is 0.374 e. The highest BCUT2D eigenvalue weighted by Crippen LogP contribution is 2.20. The molecule has 0 aromatic rings. The third-order valence-electron chi connectivity index (χ3n) is 4.50. The van der Waals surface area contributed by atoms with Crippen molar-refractivity contribution in [1.29, 1.82) is 0 Å². The van der Waals surface area contributed by atoms with E-state index < -0.39 is 0 Å². The van der Waals surface area contributed by atoms with Crippen LogP contribution in [0.5, 0.6) is 0 Å². The molecule has 122 valence electrons. The average Bonchev–Trinajstić information content (AvgIpc) is 2.74. The second kappa shape index (κ2) is 8.11. The van der Waals surface area contributed by atoms with Crippen molar-refractivity contribution in [3.05, 3.63) is 0 Å². The van der Waals surface area contributed by atoms with Crippen molar-refractivity contribution in [2.75, 3.05) is 33.3 Å². The molecule has 2 aliphatic heterocycles. The average molecular weight is 297 g/mol. The monoisotopic (exact) mass is 297 g/mol. The summed E-state index contributed by atoms with van der Waals surface area (Å²) in [6, 6.07) is 0.0165. The Balaban J connectivity index is 1.94. The van der Waals surface area contributed by atoms with E-state index in [1.807, 2.05) is 4.90 Å². The fourth-order valence-electron chi connectivity index (χ4n) is 3.29. The van der Waals surface area contributed by atoms with E-state index in [-0.39, 0.29) is 24.2 Å². The van der Waals surface area contributed by atoms with E-state index in [9.17, 15) is 4.79 Å². The number of nitrogens with zero attached hydrogens (tertiary/aromatic N) is 2. The van der Waals surface area contributed by atoms with Gasteiger partial charge in [0, 0.05) is 19.6 Å². The Kier molecular flexibility index (Phi) is 6.45. The number of carbonyl (C=O) groups is 1. The smallest absolute Gasteiger partial charge is 0.241 e. The van der Waals surface area contributed by atoms with Gasteiger partial charge in [-0.2, -0.15) is 0 Å². The minimum Gasteiger partial charge on any atom is -0.374 e. The lowest BCUT2D eigenvalue weighted by Crippen LogP contribution is -2.49. The predicted octanol–water partition coefficient (Wildman–Crippen LogP) is 1.43. The fourth-order valence-corrected chi connectivity index (χ4v) is 3.29. The van der Waals surface area contributed by atoms with Gasteiger partial charge >= 0.3 is 0 Å². The molecule has 0 bridgehead atoms. The minimum atomic E-state index is 0.0165. The molecule has 21 heavy (non-hydrogen) atoms. The van der Waals surface area contributed by atoms with Gasteiger partial charge in [0.25, 0.3) is 0 Å². The van der Waals surface area contributed by atoms with Gasteiger partial charge in [-0.25, -0.2) is 0 Å². The molecule has 3 unspecified atom stereocenters. The lowest BCUT2D eigenvalue weighted by Gasteiger charge is -2.34. The summed E-state index contributed by atoms with van der Waals surface area (Å²) in [5, 5.41) is 3.53. The van der Waals surface area contributed by atoms with E-state index in [1.54, 1.807) is 0 Å². The summed E-state index contributed by atoms with van der Waals surface area (Å²) in [7, 11) is 2.12. The summed E-state index contributed by atoms with van der Waals surface area (Å²) in [4.78, 5) is 17.0. The zero-order chi connectivity index (χ0) is 15.2. The second-order valence-electron chi connectivity index (χ2n) is 6.41. The molecule has 0 saturated carbocycles. The van der Waals surface area contributed by atoms with E-state index in [0.717, 1.165) is 58.3 Å². The summed E-state index contributed by atoms with van der Waals surface area (Å²) < 4.78 is 5.84. The number of ether oxygens (including phenoxy) is 1. The fraction of sp³-hybridized carbons (Fsp3) is 0.938. The molecule has 2 fully saturated rings. The van der Waals surface area contributed by atoms with Crippen LogP contribution in [0.1, 0.15) is 46.0 Å². The lowest BCUT2D eigenvalue weighted by atomic mass is 10.1. The number of unbranched alkanes of at least 4 members (excludes halogenated alkanes) is 1. The van der Waals surface area contributed by atoms with Gasteiger partial charge in [-0.1, -0.05) is 33.1 Å². The van der Waals surface area contributed by atoms with Crippen molar-refractivity contribution in [1.82, 2.24) is 15.1 Å². The van der Waals surface area contributed by atoms with Gasteiger partial charge < -0.3 is 14.5 Å². The first-order chi connectivity index (χ1) is 10.2. The van der Waals surface area contributed by atoms with Crippen LogP contribution in [0.25, 0.3) is 0 Å². The molecule has 2 aliphatic rings. The quantitative estimate of drug-likeness (QED) is 0.772. The molecule has 2 heterocycles. The lowest BCUT2D eigenvalue weighted by molar-refractivity contribution is -0.133. The Bertz CT molecular complexity index is 337. The standard InChI is InChI=1S/C16H31N3O2/c1-4-6-8-14-16(20)19(15(17-14)7-5-2)12-13-11-18(3)9-10-21-13/h13-15,17H,4-12H2,1-3H3. The predicted molar refractivity (Wildman–Crippen MR) is 84.1 cm³/mol. The number of morpholine rings is 1. The molecule has 5 heteroatoms. The summed E-state index contributed by atoms with van der Waals surface area (Å²) in [5.41, 5.74) is 0. The van der Waals surface area contributed by atoms with Crippen LogP contribution >= 0.6 is 0 Å². The highest BCUT2D eigenvalue weighted by molar-refractivity contribution is 5.84. The van der Waals surface area contributed by atoms with Gasteiger partial charge in [-0.3, -0.25) is 10.1 Å². The molecule has 1 N–H and O–H groups in total. The van der Waals surface area contributed by atoms with Crippen molar-refractivity contribution in [3.8, 4) is 0 Å². The number of carbonyl (C=O) groups excluding carboxylic acids is 1. The van der Waals surface area contributed by atoms with Crippen molar-refractivity contribution >= 4 is 5.91 Å². The molecular formula is C16H31N3O2. The van der Waals surface area contributed by atoms with Crippen LogP contribution in [0.15, 0.2) is 0 Å². The van der Waals surface area contributed by atoms with Gasteiger partial charge in [0.1, 0.15) is 0 Å². The van der Waals surface area contributed by atoms with Crippen LogP contribution < -0.4 is 5.32 Å². The topological polar surface area (TPSA) is 44.8 Å². The van der Waals surface area contributed by atoms with Crippen molar-refractivity contribution < 1.29 is 9.53 Å². The van der Waals surface area contributed by atoms with Gasteiger partial charge in [-0.05, 0) is 19.9 Å². The summed E-state index contributed by atoms with van der Waals surface area (Å²) in [6.07, 6.45) is 5.67. The van der Waals surface area contributed by atoms with Crippen LogP contribution in [0.2, 0.25) is 0 Å². The molecule has 2 saturated heterocycles. The van der Waals surface area contributed by atoms with Crippen LogP contribution in [-0.2, 0) is 9.53 Å². The highest BCUT2D eigenvalue weighted by atomic mass is 16.5. The van der Waals surface area contributed by atoms with E-state index in [1.165, 1.54) is 0 Å². The zero-order valence-electron chi connectivity index (χ0n) is 13.8. The van der Waals surface area contributed by atoms with Crippen LogP contribution in [0.4, 0.5) is 0 Å². The number of nitrogens with one attached hydrogen (secondary N) is 1. The van der Waals surface area contributed by atoms with E-state index in [2.05, 4.69) is 31.1 Å². The molecule has 1 amide bonds. The Hall–Kier alpha value is -0.650. The molecule has 0 aromatic carbocycles. The molecule has 2 rings (SSSR count). The summed E-state index contributed by atoms with van der Waals surface area (Å²) in [6.45, 7) is 7.75. The molecule has 0 spiro atoms. The second-order valence-corrected chi connectivity index (χ2v) is 6.41. The molecular weight excluding hydrogens is 266 g/mol. The first-order valence-corrected chi connectivity index (χ1v) is 8.52. The Morgan fingerprint density at radius 1 is 1.29 bits per heavy atom. The molecule has 0 radical (unpaired) electrons. The molecule has 0 aliphatic carbocycles. The van der Waals surface area contributed by atoms with Crippen LogP contribution in [0, 0.1) is 0 Å². The highest BCUT2D eigenvalue weighted by Gasteiger charge is 2.39. The number of hydrogen-bond acceptors (Lipinski definition) is 4. The van der Waals surface area contributed by atoms with Gasteiger partial charge in [-0.15, -0.1) is 0 Å². The Morgan fingerprint density at radius 3 is 2.76 bits per heavy atom. The first kappa shape index (κ1) is 16.7. The maximum Gasteiger partial charge on any atom is 0.241 e. The summed E-state index contributed by atoms with van der Waals surface area (Å²) >= 11 is 0. The van der Waals surface area contributed by atoms with E-state index in [4.69, 9.17) is 4.74 Å². The first-order valence-electron chi connectivity index (χ1n) is 8.52. The third kappa shape index (κ3) is 4.41. The Morgan fingerprint density at radius 2 is 2.10 bits per heavy atom. The Labute approximate surface area is 129 Å². The van der Waals surface area contributed by atoms with Crippen molar-refractivity contribution in [2.45, 2.75) is 64.3 Å². The number of amides is 1. The molecule has 0 aromatic heterocycles. The van der Waals surface area contributed by atoms with E-state index in [0.29, 0.717) is 0 Å².